The first-order valence-electron chi connectivity index (χ1n) is 8.55. The summed E-state index contributed by atoms with van der Waals surface area (Å²) in [4.78, 5) is 23.7. The maximum absolute atomic E-state index is 12.4. The molecule has 1 amide bonds. The minimum Gasteiger partial charge on any atom is -0.378 e. The average molecular weight is 340 g/mol. The molecule has 25 heavy (non-hydrogen) atoms. The van der Waals surface area contributed by atoms with E-state index in [0.29, 0.717) is 31.1 Å². The molecule has 0 radical (unpaired) electrons. The van der Waals surface area contributed by atoms with Gasteiger partial charge in [0, 0.05) is 30.4 Å². The van der Waals surface area contributed by atoms with E-state index in [-0.39, 0.29) is 5.91 Å². The van der Waals surface area contributed by atoms with Gasteiger partial charge in [0.05, 0.1) is 19.8 Å². The summed E-state index contributed by atoms with van der Waals surface area (Å²) in [6.45, 7) is 9.29. The van der Waals surface area contributed by atoms with Crippen LogP contribution in [0.25, 0.3) is 0 Å². The fourth-order valence-corrected chi connectivity index (χ4v) is 2.97. The molecule has 1 fully saturated rings. The Morgan fingerprint density at radius 2 is 1.92 bits per heavy atom. The van der Waals surface area contributed by atoms with Crippen LogP contribution in [0, 0.1) is 20.8 Å². The number of amides is 1. The predicted octanol–water partition coefficient (Wildman–Crippen LogP) is 2.17. The number of rotatable bonds is 4. The lowest BCUT2D eigenvalue weighted by Gasteiger charge is -2.28. The summed E-state index contributed by atoms with van der Waals surface area (Å²) < 4.78 is 5.39. The Labute approximate surface area is 148 Å². The van der Waals surface area contributed by atoms with Gasteiger partial charge in [0.1, 0.15) is 11.6 Å². The maximum Gasteiger partial charge on any atom is 0.251 e. The lowest BCUT2D eigenvalue weighted by atomic mass is 10.1. The zero-order valence-corrected chi connectivity index (χ0v) is 15.0. The van der Waals surface area contributed by atoms with Crippen molar-refractivity contribution in [3.8, 4) is 0 Å². The van der Waals surface area contributed by atoms with Crippen LogP contribution in [-0.4, -0.2) is 42.2 Å². The predicted molar refractivity (Wildman–Crippen MR) is 96.9 cm³/mol. The largest absolute Gasteiger partial charge is 0.378 e. The Morgan fingerprint density at radius 1 is 1.16 bits per heavy atom. The number of hydrogen-bond acceptors (Lipinski definition) is 5. The second-order valence-corrected chi connectivity index (χ2v) is 6.38. The molecule has 2 heterocycles. The smallest absolute Gasteiger partial charge is 0.251 e. The summed E-state index contributed by atoms with van der Waals surface area (Å²) >= 11 is 0. The molecule has 1 aromatic carbocycles. The zero-order valence-electron chi connectivity index (χ0n) is 15.0. The summed E-state index contributed by atoms with van der Waals surface area (Å²) in [7, 11) is 0. The minimum absolute atomic E-state index is 0.101. The molecule has 0 unspecified atom stereocenters. The van der Waals surface area contributed by atoms with Crippen molar-refractivity contribution in [3.63, 3.8) is 0 Å². The van der Waals surface area contributed by atoms with E-state index in [1.165, 1.54) is 0 Å². The van der Waals surface area contributed by atoms with Crippen LogP contribution < -0.4 is 10.2 Å². The van der Waals surface area contributed by atoms with Crippen molar-refractivity contribution in [1.29, 1.82) is 0 Å². The number of aromatic nitrogens is 2. The van der Waals surface area contributed by atoms with Crippen LogP contribution in [0.15, 0.2) is 24.3 Å². The van der Waals surface area contributed by atoms with Gasteiger partial charge in [-0.05, 0) is 32.4 Å². The minimum atomic E-state index is -0.101. The molecule has 2 aromatic rings. The topological polar surface area (TPSA) is 67.4 Å². The van der Waals surface area contributed by atoms with Crippen molar-refractivity contribution >= 4 is 11.7 Å². The van der Waals surface area contributed by atoms with E-state index in [9.17, 15) is 4.79 Å². The lowest BCUT2D eigenvalue weighted by Crippen LogP contribution is -2.37. The van der Waals surface area contributed by atoms with Crippen molar-refractivity contribution in [2.75, 3.05) is 31.2 Å². The Balaban J connectivity index is 1.70. The first-order chi connectivity index (χ1) is 12.0. The summed E-state index contributed by atoms with van der Waals surface area (Å²) in [5, 5.41) is 2.93. The van der Waals surface area contributed by atoms with Gasteiger partial charge in [-0.3, -0.25) is 4.79 Å². The number of benzene rings is 1. The van der Waals surface area contributed by atoms with Crippen LogP contribution in [0.5, 0.6) is 0 Å². The van der Waals surface area contributed by atoms with Crippen LogP contribution in [0.4, 0.5) is 5.82 Å². The molecule has 1 aliphatic rings. The standard InChI is InChI=1S/C19H24N4O2/c1-13-4-5-16(14(2)10-13)19(24)20-12-17-21-15(3)11-18(22-17)23-6-8-25-9-7-23/h4-5,10-11H,6-9,12H2,1-3H3,(H,20,24). The third-order valence-electron chi connectivity index (χ3n) is 4.26. The van der Waals surface area contributed by atoms with E-state index >= 15 is 0 Å². The molecule has 1 saturated heterocycles. The number of aryl methyl sites for hydroxylation is 3. The van der Waals surface area contributed by atoms with Crippen LogP contribution >= 0.6 is 0 Å². The van der Waals surface area contributed by atoms with Crippen molar-refractivity contribution in [3.05, 3.63) is 52.5 Å². The maximum atomic E-state index is 12.4. The van der Waals surface area contributed by atoms with Gasteiger partial charge >= 0.3 is 0 Å². The molecule has 0 atom stereocenters. The lowest BCUT2D eigenvalue weighted by molar-refractivity contribution is 0.0949. The van der Waals surface area contributed by atoms with Crippen molar-refractivity contribution in [1.82, 2.24) is 15.3 Å². The van der Waals surface area contributed by atoms with Crippen molar-refractivity contribution in [2.24, 2.45) is 0 Å². The van der Waals surface area contributed by atoms with Crippen molar-refractivity contribution in [2.45, 2.75) is 27.3 Å². The van der Waals surface area contributed by atoms with E-state index < -0.39 is 0 Å². The van der Waals surface area contributed by atoms with Gasteiger partial charge in [-0.2, -0.15) is 0 Å². The molecular weight excluding hydrogens is 316 g/mol. The van der Waals surface area contributed by atoms with E-state index in [0.717, 1.165) is 35.7 Å². The second-order valence-electron chi connectivity index (χ2n) is 6.38. The van der Waals surface area contributed by atoms with Gasteiger partial charge in [-0.1, -0.05) is 17.7 Å². The number of ether oxygens (including phenoxy) is 1. The molecule has 0 saturated carbocycles. The molecular formula is C19H24N4O2. The third kappa shape index (κ3) is 4.33. The molecule has 132 valence electrons. The van der Waals surface area contributed by atoms with E-state index in [1.807, 2.05) is 45.0 Å². The highest BCUT2D eigenvalue weighted by Crippen LogP contribution is 2.15. The van der Waals surface area contributed by atoms with Crippen LogP contribution in [0.2, 0.25) is 0 Å². The van der Waals surface area contributed by atoms with Gasteiger partial charge in [-0.15, -0.1) is 0 Å². The number of anilines is 1. The monoisotopic (exact) mass is 340 g/mol. The van der Waals surface area contributed by atoms with Gasteiger partial charge in [0.15, 0.2) is 0 Å². The van der Waals surface area contributed by atoms with Crippen LogP contribution in [0.3, 0.4) is 0 Å². The Kier molecular flexibility index (Phi) is 5.28. The number of nitrogens with zero attached hydrogens (tertiary/aromatic N) is 3. The molecule has 6 nitrogen and oxygen atoms in total. The summed E-state index contributed by atoms with van der Waals surface area (Å²) in [5.41, 5.74) is 3.70. The van der Waals surface area contributed by atoms with Crippen molar-refractivity contribution < 1.29 is 9.53 Å². The highest BCUT2D eigenvalue weighted by Gasteiger charge is 2.15. The second kappa shape index (κ2) is 7.61. The molecule has 1 aromatic heterocycles. The molecule has 1 N–H and O–H groups in total. The Bertz CT molecular complexity index is 770. The first-order valence-corrected chi connectivity index (χ1v) is 8.55. The molecule has 3 rings (SSSR count). The SMILES string of the molecule is Cc1ccc(C(=O)NCc2nc(C)cc(N3CCOCC3)n2)c(C)c1. The normalized spacial score (nSPS) is 14.4. The summed E-state index contributed by atoms with van der Waals surface area (Å²) in [6, 6.07) is 7.78. The van der Waals surface area contributed by atoms with E-state index in [4.69, 9.17) is 4.74 Å². The number of morpholine rings is 1. The van der Waals surface area contributed by atoms with Crippen LogP contribution in [0.1, 0.15) is 33.0 Å². The summed E-state index contributed by atoms with van der Waals surface area (Å²) in [6.07, 6.45) is 0. The quantitative estimate of drug-likeness (QED) is 0.924. The molecule has 1 aliphatic heterocycles. The van der Waals surface area contributed by atoms with Gasteiger partial charge < -0.3 is 15.0 Å². The molecule has 0 aliphatic carbocycles. The highest BCUT2D eigenvalue weighted by atomic mass is 16.5. The highest BCUT2D eigenvalue weighted by molar-refractivity contribution is 5.95. The third-order valence-corrected chi connectivity index (χ3v) is 4.26. The van der Waals surface area contributed by atoms with E-state index in [2.05, 4.69) is 20.2 Å². The fraction of sp³-hybridized carbons (Fsp3) is 0.421. The zero-order chi connectivity index (χ0) is 17.8. The fourth-order valence-electron chi connectivity index (χ4n) is 2.97. The van der Waals surface area contributed by atoms with E-state index in [1.54, 1.807) is 0 Å². The van der Waals surface area contributed by atoms with Gasteiger partial charge in [-0.25, -0.2) is 9.97 Å². The molecule has 0 spiro atoms. The first kappa shape index (κ1) is 17.4. The van der Waals surface area contributed by atoms with Gasteiger partial charge in [0.2, 0.25) is 0 Å². The number of carbonyl (C=O) groups is 1. The van der Waals surface area contributed by atoms with Crippen LogP contribution in [-0.2, 0) is 11.3 Å². The summed E-state index contributed by atoms with van der Waals surface area (Å²) in [5.74, 6) is 1.42. The average Bonchev–Trinajstić information content (AvgIpc) is 2.60. The Morgan fingerprint density at radius 3 is 2.64 bits per heavy atom. The number of nitrogens with one attached hydrogen (secondary N) is 1. The number of carbonyl (C=O) groups excluding carboxylic acids is 1. The van der Waals surface area contributed by atoms with Gasteiger partial charge in [0.25, 0.3) is 5.91 Å². The molecule has 6 heteroatoms. The molecule has 0 bridgehead atoms. The Hall–Kier alpha value is -2.47. The number of hydrogen-bond donors (Lipinski definition) is 1.